The van der Waals surface area contributed by atoms with Crippen molar-refractivity contribution in [1.29, 1.82) is 0 Å². The van der Waals surface area contributed by atoms with Crippen LogP contribution >= 0.6 is 0 Å². The van der Waals surface area contributed by atoms with Crippen LogP contribution in [0.5, 0.6) is 0 Å². The lowest BCUT2D eigenvalue weighted by molar-refractivity contribution is -0.129. The molecule has 0 atom stereocenters. The zero-order chi connectivity index (χ0) is 14.3. The summed E-state index contributed by atoms with van der Waals surface area (Å²) in [5, 5.41) is 3.07. The van der Waals surface area contributed by atoms with Crippen molar-refractivity contribution in [3.05, 3.63) is 35.4 Å². The Morgan fingerprint density at radius 1 is 1.26 bits per heavy atom. The van der Waals surface area contributed by atoms with Gasteiger partial charge in [0.1, 0.15) is 0 Å². The van der Waals surface area contributed by atoms with E-state index in [-0.39, 0.29) is 5.91 Å². The third-order valence-corrected chi connectivity index (χ3v) is 2.93. The number of carbonyl (C=O) groups excluding carboxylic acids is 2. The van der Waals surface area contributed by atoms with Gasteiger partial charge in [-0.2, -0.15) is 0 Å². The van der Waals surface area contributed by atoms with Gasteiger partial charge in [0.05, 0.1) is 6.54 Å². The first kappa shape index (κ1) is 15.2. The molecule has 1 aromatic carbocycles. The summed E-state index contributed by atoms with van der Waals surface area (Å²) in [6, 6.07) is 7.08. The quantitative estimate of drug-likeness (QED) is 0.762. The minimum absolute atomic E-state index is 0.0797. The van der Waals surface area contributed by atoms with Crippen LogP contribution in [0.4, 0.5) is 0 Å². The van der Waals surface area contributed by atoms with Crippen LogP contribution in [0.25, 0.3) is 0 Å². The Labute approximate surface area is 113 Å². The van der Waals surface area contributed by atoms with E-state index in [4.69, 9.17) is 5.73 Å². The number of rotatable bonds is 7. The number of hydrogen-bond acceptors (Lipinski definition) is 3. The molecule has 1 aromatic rings. The van der Waals surface area contributed by atoms with Gasteiger partial charge in [0.15, 0.2) is 0 Å². The number of nitrogens with one attached hydrogen (secondary N) is 1. The first-order chi connectivity index (χ1) is 9.08. The highest BCUT2D eigenvalue weighted by molar-refractivity contribution is 5.92. The molecule has 0 unspecified atom stereocenters. The Kier molecular flexibility index (Phi) is 6.02. The topological polar surface area (TPSA) is 75.4 Å². The number of nitrogens with zero attached hydrogens (tertiary/aromatic N) is 1. The smallest absolute Gasteiger partial charge is 0.248 e. The van der Waals surface area contributed by atoms with Gasteiger partial charge in [-0.3, -0.25) is 9.59 Å². The highest BCUT2D eigenvalue weighted by atomic mass is 16.2. The van der Waals surface area contributed by atoms with E-state index in [9.17, 15) is 9.59 Å². The molecule has 5 nitrogen and oxygen atoms in total. The fourth-order valence-corrected chi connectivity index (χ4v) is 1.84. The van der Waals surface area contributed by atoms with Gasteiger partial charge in [-0.1, -0.05) is 12.1 Å². The molecule has 3 N–H and O–H groups in total. The molecule has 0 heterocycles. The molecule has 0 radical (unpaired) electrons. The van der Waals surface area contributed by atoms with Crippen LogP contribution in [-0.2, 0) is 11.3 Å². The molecule has 0 aliphatic heterocycles. The van der Waals surface area contributed by atoms with E-state index in [2.05, 4.69) is 5.32 Å². The van der Waals surface area contributed by atoms with E-state index in [1.807, 2.05) is 19.9 Å². The molecule has 19 heavy (non-hydrogen) atoms. The summed E-state index contributed by atoms with van der Waals surface area (Å²) in [6.45, 7) is 6.18. The number of nitrogens with two attached hydrogens (primary N) is 1. The lowest BCUT2D eigenvalue weighted by Crippen LogP contribution is -2.37. The van der Waals surface area contributed by atoms with E-state index in [0.29, 0.717) is 31.7 Å². The Morgan fingerprint density at radius 2 is 1.95 bits per heavy atom. The first-order valence-electron chi connectivity index (χ1n) is 6.45. The fraction of sp³-hybridized carbons (Fsp3) is 0.429. The van der Waals surface area contributed by atoms with Crippen LogP contribution in [-0.4, -0.2) is 36.3 Å². The van der Waals surface area contributed by atoms with Crippen LogP contribution in [0.3, 0.4) is 0 Å². The zero-order valence-electron chi connectivity index (χ0n) is 11.5. The lowest BCUT2D eigenvalue weighted by atomic mass is 10.1. The highest BCUT2D eigenvalue weighted by Gasteiger charge is 2.08. The summed E-state index contributed by atoms with van der Waals surface area (Å²) in [7, 11) is 0. The molecule has 0 saturated carbocycles. The largest absolute Gasteiger partial charge is 0.366 e. The van der Waals surface area contributed by atoms with Crippen LogP contribution in [0.2, 0.25) is 0 Å². The van der Waals surface area contributed by atoms with Crippen molar-refractivity contribution in [2.45, 2.75) is 20.4 Å². The molecule has 0 fully saturated rings. The molecule has 0 aliphatic rings. The summed E-state index contributed by atoms with van der Waals surface area (Å²) in [5.74, 6) is -0.364. The Hall–Kier alpha value is -1.88. The summed E-state index contributed by atoms with van der Waals surface area (Å²) >= 11 is 0. The third kappa shape index (κ3) is 4.71. The Bertz CT molecular complexity index is 442. The van der Waals surface area contributed by atoms with Gasteiger partial charge in [0.2, 0.25) is 11.8 Å². The van der Waals surface area contributed by atoms with Crippen molar-refractivity contribution >= 4 is 11.8 Å². The van der Waals surface area contributed by atoms with E-state index < -0.39 is 5.91 Å². The number of hydrogen-bond donors (Lipinski definition) is 2. The van der Waals surface area contributed by atoms with E-state index in [1.165, 1.54) is 0 Å². The molecular weight excluding hydrogens is 242 g/mol. The highest BCUT2D eigenvalue weighted by Crippen LogP contribution is 2.04. The summed E-state index contributed by atoms with van der Waals surface area (Å²) in [4.78, 5) is 24.6. The second-order valence-electron chi connectivity index (χ2n) is 4.23. The molecule has 0 bridgehead atoms. The van der Waals surface area contributed by atoms with Crippen molar-refractivity contribution in [3.8, 4) is 0 Å². The van der Waals surface area contributed by atoms with Gasteiger partial charge in [0, 0.05) is 25.2 Å². The molecule has 2 amide bonds. The van der Waals surface area contributed by atoms with Gasteiger partial charge in [0.25, 0.3) is 0 Å². The van der Waals surface area contributed by atoms with Crippen LogP contribution in [0, 0.1) is 0 Å². The first-order valence-corrected chi connectivity index (χ1v) is 6.45. The Balaban J connectivity index is 2.47. The number of carbonyl (C=O) groups is 2. The molecule has 5 heteroatoms. The van der Waals surface area contributed by atoms with Crippen LogP contribution in [0.1, 0.15) is 29.8 Å². The summed E-state index contributed by atoms with van der Waals surface area (Å²) < 4.78 is 0. The van der Waals surface area contributed by atoms with Gasteiger partial charge in [-0.05, 0) is 31.5 Å². The average molecular weight is 263 g/mol. The fourth-order valence-electron chi connectivity index (χ4n) is 1.84. The van der Waals surface area contributed by atoms with E-state index >= 15 is 0 Å². The summed E-state index contributed by atoms with van der Waals surface area (Å²) in [5.41, 5.74) is 6.63. The van der Waals surface area contributed by atoms with Gasteiger partial charge in [-0.25, -0.2) is 0 Å². The van der Waals surface area contributed by atoms with Crippen LogP contribution in [0.15, 0.2) is 24.3 Å². The maximum absolute atomic E-state index is 11.8. The average Bonchev–Trinajstić information content (AvgIpc) is 2.40. The van der Waals surface area contributed by atoms with Crippen molar-refractivity contribution in [1.82, 2.24) is 10.2 Å². The standard InChI is InChI=1S/C14H21N3O2/c1-3-17(4-2)13(18)10-16-9-11-6-5-7-12(8-11)14(15)19/h5-8,16H,3-4,9-10H2,1-2H3,(H2,15,19). The monoisotopic (exact) mass is 263 g/mol. The molecule has 104 valence electrons. The molecule has 0 aromatic heterocycles. The number of benzene rings is 1. The zero-order valence-corrected chi connectivity index (χ0v) is 11.5. The van der Waals surface area contributed by atoms with Crippen molar-refractivity contribution in [3.63, 3.8) is 0 Å². The van der Waals surface area contributed by atoms with Gasteiger partial charge >= 0.3 is 0 Å². The molecule has 1 rings (SSSR count). The van der Waals surface area contributed by atoms with Crippen LogP contribution < -0.4 is 11.1 Å². The lowest BCUT2D eigenvalue weighted by Gasteiger charge is -2.18. The number of likely N-dealkylation sites (N-methyl/N-ethyl adjacent to an activating group) is 1. The van der Waals surface area contributed by atoms with Crippen molar-refractivity contribution in [2.75, 3.05) is 19.6 Å². The third-order valence-electron chi connectivity index (χ3n) is 2.93. The van der Waals surface area contributed by atoms with E-state index in [0.717, 1.165) is 5.56 Å². The normalized spacial score (nSPS) is 10.2. The van der Waals surface area contributed by atoms with Gasteiger partial charge < -0.3 is 16.0 Å². The van der Waals surface area contributed by atoms with Gasteiger partial charge in [-0.15, -0.1) is 0 Å². The number of primary amides is 1. The maximum Gasteiger partial charge on any atom is 0.248 e. The van der Waals surface area contributed by atoms with E-state index in [1.54, 1.807) is 23.1 Å². The van der Waals surface area contributed by atoms with Crippen molar-refractivity contribution in [2.24, 2.45) is 5.73 Å². The molecule has 0 aliphatic carbocycles. The molecular formula is C14H21N3O2. The second-order valence-corrected chi connectivity index (χ2v) is 4.23. The second kappa shape index (κ2) is 7.53. The predicted octanol–water partition coefficient (Wildman–Crippen LogP) is 0.743. The SMILES string of the molecule is CCN(CC)C(=O)CNCc1cccc(C(N)=O)c1. The molecule has 0 saturated heterocycles. The van der Waals surface area contributed by atoms with Crippen molar-refractivity contribution < 1.29 is 9.59 Å². The maximum atomic E-state index is 11.8. The minimum Gasteiger partial charge on any atom is -0.366 e. The minimum atomic E-state index is -0.443. The number of amides is 2. The summed E-state index contributed by atoms with van der Waals surface area (Å²) in [6.07, 6.45) is 0. The predicted molar refractivity (Wildman–Crippen MR) is 74.6 cm³/mol. The molecule has 0 spiro atoms. The Morgan fingerprint density at radius 3 is 2.53 bits per heavy atom.